The number of rotatable bonds is 5. The summed E-state index contributed by atoms with van der Waals surface area (Å²) < 4.78 is 24.5. The van der Waals surface area contributed by atoms with Crippen LogP contribution in [0.1, 0.15) is 20.7 Å². The van der Waals surface area contributed by atoms with Crippen molar-refractivity contribution in [2.75, 3.05) is 16.3 Å². The number of sulfonamides is 1. The molecule has 4 N–H and O–H groups in total. The number of primary amides is 1. The zero-order chi connectivity index (χ0) is 17.0. The van der Waals surface area contributed by atoms with Crippen LogP contribution in [0.25, 0.3) is 0 Å². The Morgan fingerprint density at radius 3 is 2.17 bits per heavy atom. The van der Waals surface area contributed by atoms with Crippen LogP contribution >= 0.6 is 0 Å². The van der Waals surface area contributed by atoms with Crippen molar-refractivity contribution in [1.29, 1.82) is 0 Å². The first-order valence-electron chi connectivity index (χ1n) is 6.54. The Morgan fingerprint density at radius 1 is 0.957 bits per heavy atom. The van der Waals surface area contributed by atoms with E-state index in [2.05, 4.69) is 10.0 Å². The smallest absolute Gasteiger partial charge is 0.255 e. The second-order valence-electron chi connectivity index (χ2n) is 4.85. The van der Waals surface area contributed by atoms with Gasteiger partial charge < -0.3 is 11.1 Å². The third kappa shape index (κ3) is 4.82. The number of carbonyl (C=O) groups is 2. The zero-order valence-electron chi connectivity index (χ0n) is 12.2. The normalized spacial score (nSPS) is 10.8. The molecule has 2 aromatic carbocycles. The van der Waals surface area contributed by atoms with Gasteiger partial charge in [0.25, 0.3) is 5.91 Å². The molecule has 0 aliphatic rings. The second kappa shape index (κ2) is 6.49. The Morgan fingerprint density at radius 2 is 1.61 bits per heavy atom. The van der Waals surface area contributed by atoms with Gasteiger partial charge in [-0.2, -0.15) is 0 Å². The van der Waals surface area contributed by atoms with Crippen LogP contribution in [0.4, 0.5) is 11.4 Å². The Bertz CT molecular complexity index is 845. The maximum absolute atomic E-state index is 12.1. The van der Waals surface area contributed by atoms with Crippen LogP contribution in [0.5, 0.6) is 0 Å². The fraction of sp³-hybridized carbons (Fsp3) is 0.0667. The van der Waals surface area contributed by atoms with Gasteiger partial charge in [-0.25, -0.2) is 8.42 Å². The molecule has 0 bridgehead atoms. The summed E-state index contributed by atoms with van der Waals surface area (Å²) in [7, 11) is -3.37. The summed E-state index contributed by atoms with van der Waals surface area (Å²) in [5.74, 6) is -0.977. The summed E-state index contributed by atoms with van der Waals surface area (Å²) in [6, 6.07) is 12.2. The molecule has 0 fully saturated rings. The monoisotopic (exact) mass is 333 g/mol. The van der Waals surface area contributed by atoms with Gasteiger partial charge in [-0.15, -0.1) is 0 Å². The predicted molar refractivity (Wildman–Crippen MR) is 87.8 cm³/mol. The molecular weight excluding hydrogens is 318 g/mol. The molecule has 0 saturated heterocycles. The SMILES string of the molecule is CS(=O)(=O)Nc1ccc(C(=O)Nc2cccc(C(N)=O)c2)cc1. The molecule has 23 heavy (non-hydrogen) atoms. The van der Waals surface area contributed by atoms with Gasteiger partial charge in [0.1, 0.15) is 0 Å². The molecular formula is C15H15N3O4S. The molecule has 0 aliphatic heterocycles. The van der Waals surface area contributed by atoms with E-state index in [0.29, 0.717) is 16.9 Å². The molecule has 8 heteroatoms. The van der Waals surface area contributed by atoms with Gasteiger partial charge in [0.05, 0.1) is 6.26 Å². The van der Waals surface area contributed by atoms with Crippen LogP contribution in [-0.4, -0.2) is 26.5 Å². The van der Waals surface area contributed by atoms with E-state index < -0.39 is 21.8 Å². The van der Waals surface area contributed by atoms with E-state index in [1.165, 1.54) is 30.3 Å². The van der Waals surface area contributed by atoms with Gasteiger partial charge >= 0.3 is 0 Å². The number of nitrogens with one attached hydrogen (secondary N) is 2. The minimum Gasteiger partial charge on any atom is -0.366 e. The molecule has 120 valence electrons. The number of nitrogens with two attached hydrogens (primary N) is 1. The van der Waals surface area contributed by atoms with Crippen LogP contribution in [0.3, 0.4) is 0 Å². The Hall–Kier alpha value is -2.87. The van der Waals surface area contributed by atoms with Crippen LogP contribution < -0.4 is 15.8 Å². The fourth-order valence-corrected chi connectivity index (χ4v) is 2.42. The number of carbonyl (C=O) groups excluding carboxylic acids is 2. The second-order valence-corrected chi connectivity index (χ2v) is 6.60. The van der Waals surface area contributed by atoms with E-state index in [4.69, 9.17) is 5.73 Å². The number of hydrogen-bond acceptors (Lipinski definition) is 4. The Labute approximate surface area is 133 Å². The first kappa shape index (κ1) is 16.5. The summed E-state index contributed by atoms with van der Waals surface area (Å²) in [5.41, 5.74) is 6.61. The molecule has 0 spiro atoms. The molecule has 0 unspecified atom stereocenters. The third-order valence-corrected chi connectivity index (χ3v) is 3.46. The fourth-order valence-electron chi connectivity index (χ4n) is 1.86. The lowest BCUT2D eigenvalue weighted by Crippen LogP contribution is -2.14. The highest BCUT2D eigenvalue weighted by molar-refractivity contribution is 7.92. The summed E-state index contributed by atoms with van der Waals surface area (Å²) in [6.07, 6.45) is 1.04. The van der Waals surface area contributed by atoms with Crippen molar-refractivity contribution in [2.24, 2.45) is 5.73 Å². The van der Waals surface area contributed by atoms with E-state index in [1.54, 1.807) is 18.2 Å². The minimum atomic E-state index is -3.37. The molecule has 0 saturated carbocycles. The van der Waals surface area contributed by atoms with Crippen LogP contribution in [0, 0.1) is 0 Å². The zero-order valence-corrected chi connectivity index (χ0v) is 13.1. The van der Waals surface area contributed by atoms with Crippen molar-refractivity contribution in [3.8, 4) is 0 Å². The Kier molecular flexibility index (Phi) is 4.65. The third-order valence-electron chi connectivity index (χ3n) is 2.86. The largest absolute Gasteiger partial charge is 0.366 e. The lowest BCUT2D eigenvalue weighted by molar-refractivity contribution is 0.0996. The quantitative estimate of drug-likeness (QED) is 0.766. The van der Waals surface area contributed by atoms with Crippen molar-refractivity contribution in [3.63, 3.8) is 0 Å². The van der Waals surface area contributed by atoms with E-state index in [-0.39, 0.29) is 5.56 Å². The number of amides is 2. The average Bonchev–Trinajstić information content (AvgIpc) is 2.46. The highest BCUT2D eigenvalue weighted by Gasteiger charge is 2.08. The van der Waals surface area contributed by atoms with Crippen molar-refractivity contribution in [3.05, 3.63) is 59.7 Å². The van der Waals surface area contributed by atoms with Crippen molar-refractivity contribution in [2.45, 2.75) is 0 Å². The number of anilines is 2. The Balaban J connectivity index is 2.12. The highest BCUT2D eigenvalue weighted by atomic mass is 32.2. The van der Waals surface area contributed by atoms with E-state index in [1.807, 2.05) is 0 Å². The molecule has 2 rings (SSSR count). The molecule has 2 aromatic rings. The molecule has 2 amide bonds. The predicted octanol–water partition coefficient (Wildman–Crippen LogP) is 1.41. The van der Waals surface area contributed by atoms with Crippen molar-refractivity contribution >= 4 is 33.2 Å². The van der Waals surface area contributed by atoms with E-state index >= 15 is 0 Å². The standard InChI is InChI=1S/C15H15N3O4S/c1-23(21,22)18-12-7-5-10(6-8-12)15(20)17-13-4-2-3-11(9-13)14(16)19/h2-9,18H,1H3,(H2,16,19)(H,17,20). The van der Waals surface area contributed by atoms with Crippen molar-refractivity contribution in [1.82, 2.24) is 0 Å². The molecule has 7 nitrogen and oxygen atoms in total. The van der Waals surface area contributed by atoms with Gasteiger partial charge in [0.15, 0.2) is 0 Å². The molecule has 0 heterocycles. The van der Waals surface area contributed by atoms with E-state index in [9.17, 15) is 18.0 Å². The number of hydrogen-bond donors (Lipinski definition) is 3. The maximum atomic E-state index is 12.1. The van der Waals surface area contributed by atoms with Gasteiger partial charge in [-0.3, -0.25) is 14.3 Å². The molecule has 0 radical (unpaired) electrons. The summed E-state index contributed by atoms with van der Waals surface area (Å²) in [6.45, 7) is 0. The minimum absolute atomic E-state index is 0.288. The maximum Gasteiger partial charge on any atom is 0.255 e. The first-order chi connectivity index (χ1) is 10.7. The summed E-state index contributed by atoms with van der Waals surface area (Å²) >= 11 is 0. The molecule has 0 aromatic heterocycles. The van der Waals surface area contributed by atoms with Crippen LogP contribution in [0.15, 0.2) is 48.5 Å². The average molecular weight is 333 g/mol. The summed E-state index contributed by atoms with van der Waals surface area (Å²) in [5, 5.41) is 2.64. The van der Waals surface area contributed by atoms with Gasteiger partial charge in [-0.05, 0) is 42.5 Å². The van der Waals surface area contributed by atoms with E-state index in [0.717, 1.165) is 6.26 Å². The van der Waals surface area contributed by atoms with Crippen LogP contribution in [-0.2, 0) is 10.0 Å². The van der Waals surface area contributed by atoms with Crippen LogP contribution in [0.2, 0.25) is 0 Å². The molecule has 0 aliphatic carbocycles. The molecule has 0 atom stereocenters. The lowest BCUT2D eigenvalue weighted by atomic mass is 10.1. The summed E-state index contributed by atoms with van der Waals surface area (Å²) in [4.78, 5) is 23.2. The number of benzene rings is 2. The topological polar surface area (TPSA) is 118 Å². The van der Waals surface area contributed by atoms with Gasteiger partial charge in [-0.1, -0.05) is 6.07 Å². The lowest BCUT2D eigenvalue weighted by Gasteiger charge is -2.08. The van der Waals surface area contributed by atoms with Gasteiger partial charge in [0.2, 0.25) is 15.9 Å². The van der Waals surface area contributed by atoms with Crippen molar-refractivity contribution < 1.29 is 18.0 Å². The van der Waals surface area contributed by atoms with Gasteiger partial charge in [0, 0.05) is 22.5 Å². The first-order valence-corrected chi connectivity index (χ1v) is 8.43. The highest BCUT2D eigenvalue weighted by Crippen LogP contribution is 2.14.